The van der Waals surface area contributed by atoms with E-state index in [9.17, 15) is 9.59 Å². The van der Waals surface area contributed by atoms with Gasteiger partial charge in [0.15, 0.2) is 0 Å². The zero-order chi connectivity index (χ0) is 25.3. The molecule has 8 heteroatoms. The minimum absolute atomic E-state index is 0.294. The van der Waals surface area contributed by atoms with Gasteiger partial charge in [-0.15, -0.1) is 11.3 Å². The molecule has 1 N–H and O–H groups in total. The maximum absolute atomic E-state index is 13.3. The highest BCUT2D eigenvalue weighted by Crippen LogP contribution is 2.38. The van der Waals surface area contributed by atoms with E-state index in [1.165, 1.54) is 24.0 Å². The number of amides is 1. The summed E-state index contributed by atoms with van der Waals surface area (Å²) in [7, 11) is 3.28. The summed E-state index contributed by atoms with van der Waals surface area (Å²) >= 11 is 1.31. The molecule has 180 valence electrons. The predicted molar refractivity (Wildman–Crippen MR) is 141 cm³/mol. The second-order valence-corrected chi connectivity index (χ2v) is 9.63. The third-order valence-electron chi connectivity index (χ3n) is 5.93. The van der Waals surface area contributed by atoms with Gasteiger partial charge in [0.25, 0.3) is 5.91 Å². The summed E-state index contributed by atoms with van der Waals surface area (Å²) in [6.45, 7) is 8.08. The number of fused-ring (bicyclic) bond motifs is 1. The third-order valence-corrected chi connectivity index (χ3v) is 7.12. The summed E-state index contributed by atoms with van der Waals surface area (Å²) in [6, 6.07) is 15.2. The molecule has 0 aliphatic heterocycles. The molecule has 0 fully saturated rings. The highest BCUT2D eigenvalue weighted by molar-refractivity contribution is 7.20. The number of rotatable bonds is 6. The largest absolute Gasteiger partial charge is 0.465 e. The van der Waals surface area contributed by atoms with E-state index in [1.54, 1.807) is 24.3 Å². The number of hydrogen-bond acceptors (Lipinski definition) is 7. The van der Waals surface area contributed by atoms with Crippen molar-refractivity contribution in [2.24, 2.45) is 0 Å². The molecule has 35 heavy (non-hydrogen) atoms. The monoisotopic (exact) mass is 488 g/mol. The third kappa shape index (κ3) is 4.74. The Hall–Kier alpha value is -3.78. The minimum Gasteiger partial charge on any atom is -0.465 e. The zero-order valence-corrected chi connectivity index (χ0v) is 21.5. The number of aryl methyl sites for hydroxylation is 2. The second-order valence-electron chi connectivity index (χ2n) is 8.63. The fourth-order valence-corrected chi connectivity index (χ4v) is 5.06. The van der Waals surface area contributed by atoms with Gasteiger partial charge in [0.2, 0.25) is 0 Å². The van der Waals surface area contributed by atoms with E-state index in [-0.39, 0.29) is 5.91 Å². The van der Waals surface area contributed by atoms with Gasteiger partial charge in [-0.3, -0.25) is 4.79 Å². The lowest BCUT2D eigenvalue weighted by Gasteiger charge is -2.20. The smallest absolute Gasteiger partial charge is 0.339 e. The summed E-state index contributed by atoms with van der Waals surface area (Å²) in [4.78, 5) is 38.0. The number of anilines is 3. The van der Waals surface area contributed by atoms with Crippen molar-refractivity contribution in [3.63, 3.8) is 0 Å². The average molecular weight is 489 g/mol. The quantitative estimate of drug-likeness (QED) is 0.324. The van der Waals surface area contributed by atoms with Crippen molar-refractivity contribution in [1.29, 1.82) is 0 Å². The van der Waals surface area contributed by atoms with E-state index in [4.69, 9.17) is 9.72 Å². The number of aromatic nitrogens is 2. The van der Waals surface area contributed by atoms with E-state index in [2.05, 4.69) is 48.4 Å². The summed E-state index contributed by atoms with van der Waals surface area (Å²) in [5.74, 6) is 0.999. The Bertz CT molecular complexity index is 1410. The van der Waals surface area contributed by atoms with Crippen molar-refractivity contribution in [2.45, 2.75) is 33.6 Å². The minimum atomic E-state index is -0.511. The highest BCUT2D eigenvalue weighted by Gasteiger charge is 2.23. The van der Waals surface area contributed by atoms with Gasteiger partial charge in [-0.2, -0.15) is 0 Å². The van der Waals surface area contributed by atoms with E-state index in [1.807, 2.05) is 25.8 Å². The first kappa shape index (κ1) is 24.3. The van der Waals surface area contributed by atoms with E-state index in [0.29, 0.717) is 27.9 Å². The molecule has 0 aliphatic rings. The molecular formula is C27H28N4O3S. The first-order valence-corrected chi connectivity index (χ1v) is 12.1. The first-order chi connectivity index (χ1) is 16.7. The molecule has 0 bridgehead atoms. The van der Waals surface area contributed by atoms with Gasteiger partial charge < -0.3 is 15.0 Å². The summed E-state index contributed by atoms with van der Waals surface area (Å²) in [5, 5.41) is 3.70. The number of para-hydroxylation sites is 1. The van der Waals surface area contributed by atoms with Crippen LogP contribution in [0.25, 0.3) is 10.2 Å². The van der Waals surface area contributed by atoms with Gasteiger partial charge in [0.05, 0.1) is 28.6 Å². The maximum atomic E-state index is 13.3. The van der Waals surface area contributed by atoms with Crippen LogP contribution in [0.1, 0.15) is 56.7 Å². The number of carbonyl (C=O) groups is 2. The Kier molecular flexibility index (Phi) is 6.84. The summed E-state index contributed by atoms with van der Waals surface area (Å²) in [5.41, 5.74) is 3.74. The average Bonchev–Trinajstić information content (AvgIpc) is 3.19. The molecular weight excluding hydrogens is 460 g/mol. The van der Waals surface area contributed by atoms with E-state index < -0.39 is 5.97 Å². The second kappa shape index (κ2) is 9.84. The molecule has 2 aromatic heterocycles. The Labute approximate surface area is 208 Å². The fourth-order valence-electron chi connectivity index (χ4n) is 3.94. The Morgan fingerprint density at radius 3 is 2.37 bits per heavy atom. The Morgan fingerprint density at radius 2 is 1.71 bits per heavy atom. The normalized spacial score (nSPS) is 11.1. The highest BCUT2D eigenvalue weighted by atomic mass is 32.1. The van der Waals surface area contributed by atoms with Crippen molar-refractivity contribution in [2.75, 3.05) is 24.4 Å². The van der Waals surface area contributed by atoms with Crippen molar-refractivity contribution in [3.8, 4) is 0 Å². The molecule has 4 aromatic rings. The van der Waals surface area contributed by atoms with Crippen LogP contribution in [0.5, 0.6) is 0 Å². The van der Waals surface area contributed by atoms with Crippen LogP contribution in [-0.4, -0.2) is 36.0 Å². The van der Waals surface area contributed by atoms with Crippen LogP contribution >= 0.6 is 11.3 Å². The van der Waals surface area contributed by atoms with Crippen LogP contribution in [0, 0.1) is 13.8 Å². The van der Waals surface area contributed by atoms with Gasteiger partial charge in [-0.05, 0) is 55.2 Å². The van der Waals surface area contributed by atoms with Crippen LogP contribution in [-0.2, 0) is 4.74 Å². The molecule has 0 unspecified atom stereocenters. The number of methoxy groups -OCH3 is 1. The number of thiophene rings is 1. The molecule has 2 heterocycles. The lowest BCUT2D eigenvalue weighted by Crippen LogP contribution is -2.15. The van der Waals surface area contributed by atoms with Gasteiger partial charge in [0, 0.05) is 12.7 Å². The molecule has 2 aromatic carbocycles. The zero-order valence-electron chi connectivity index (χ0n) is 20.7. The lowest BCUT2D eigenvalue weighted by molar-refractivity contribution is 0.0602. The molecule has 0 aliphatic carbocycles. The SMILES string of the molecule is COC(=O)c1ccccc1NC(=O)c1sc2nc(C)nc(N(C)c3ccc(C(C)C)cc3)c2c1C. The Balaban J connectivity index is 1.74. The topological polar surface area (TPSA) is 84.4 Å². The number of nitrogens with zero attached hydrogens (tertiary/aromatic N) is 3. The van der Waals surface area contributed by atoms with Crippen LogP contribution in [0.15, 0.2) is 48.5 Å². The summed E-state index contributed by atoms with van der Waals surface area (Å²) in [6.07, 6.45) is 0. The molecule has 1 amide bonds. The maximum Gasteiger partial charge on any atom is 0.339 e. The molecule has 0 spiro atoms. The molecule has 0 saturated heterocycles. The number of nitrogens with one attached hydrogen (secondary N) is 1. The van der Waals surface area contributed by atoms with Gasteiger partial charge >= 0.3 is 5.97 Å². The Morgan fingerprint density at radius 1 is 1.03 bits per heavy atom. The molecule has 0 atom stereocenters. The van der Waals surface area contributed by atoms with Crippen LogP contribution in [0.4, 0.5) is 17.2 Å². The predicted octanol–water partition coefficient (Wildman–Crippen LogP) is 6.24. The lowest BCUT2D eigenvalue weighted by atomic mass is 10.0. The van der Waals surface area contributed by atoms with Crippen molar-refractivity contribution < 1.29 is 14.3 Å². The van der Waals surface area contributed by atoms with Crippen molar-refractivity contribution >= 4 is 50.6 Å². The number of carbonyl (C=O) groups excluding carboxylic acids is 2. The number of hydrogen-bond donors (Lipinski definition) is 1. The summed E-state index contributed by atoms with van der Waals surface area (Å²) < 4.78 is 4.84. The van der Waals surface area contributed by atoms with Crippen LogP contribution in [0.3, 0.4) is 0 Å². The van der Waals surface area contributed by atoms with Gasteiger partial charge in [-0.1, -0.05) is 38.1 Å². The van der Waals surface area contributed by atoms with Crippen molar-refractivity contribution in [1.82, 2.24) is 9.97 Å². The van der Waals surface area contributed by atoms with Crippen molar-refractivity contribution in [3.05, 3.63) is 75.9 Å². The van der Waals surface area contributed by atoms with Crippen LogP contribution in [0.2, 0.25) is 0 Å². The molecule has 0 saturated carbocycles. The number of benzene rings is 2. The van der Waals surface area contributed by atoms with E-state index >= 15 is 0 Å². The number of ether oxygens (including phenoxy) is 1. The van der Waals surface area contributed by atoms with Crippen LogP contribution < -0.4 is 10.2 Å². The van der Waals surface area contributed by atoms with Gasteiger partial charge in [0.1, 0.15) is 16.5 Å². The standard InChI is InChI=1S/C27H28N4O3S/c1-15(2)18-11-13-19(14-12-18)31(5)24-22-16(3)23(35-26(22)29-17(4)28-24)25(32)30-21-10-8-7-9-20(21)27(33)34-6/h7-15H,1-6H3,(H,30,32). The molecule has 4 rings (SSSR count). The molecule has 7 nitrogen and oxygen atoms in total. The van der Waals surface area contributed by atoms with E-state index in [0.717, 1.165) is 27.3 Å². The first-order valence-electron chi connectivity index (χ1n) is 11.3. The van der Waals surface area contributed by atoms with Gasteiger partial charge in [-0.25, -0.2) is 14.8 Å². The molecule has 0 radical (unpaired) electrons. The number of esters is 1. The fraction of sp³-hybridized carbons (Fsp3) is 0.259.